The summed E-state index contributed by atoms with van der Waals surface area (Å²) in [5.74, 6) is 0.668. The molecule has 0 aliphatic carbocycles. The molecule has 0 saturated carbocycles. The van der Waals surface area contributed by atoms with Gasteiger partial charge in [0.05, 0.1) is 0 Å². The maximum Gasteiger partial charge on any atom is 0.222 e. The van der Waals surface area contributed by atoms with Gasteiger partial charge in [-0.25, -0.2) is 9.97 Å². The second-order valence-electron chi connectivity index (χ2n) is 4.18. The third kappa shape index (κ3) is 4.11. The van der Waals surface area contributed by atoms with E-state index in [4.69, 9.17) is 11.6 Å². The topological polar surface area (TPSA) is 37.8 Å². The molecule has 1 aromatic carbocycles. The second-order valence-corrected chi connectivity index (χ2v) is 5.66. The highest BCUT2D eigenvalue weighted by Crippen LogP contribution is 2.28. The summed E-state index contributed by atoms with van der Waals surface area (Å²) in [6.07, 6.45) is 3.85. The van der Waals surface area contributed by atoms with Crippen LogP contribution in [0.3, 0.4) is 0 Å². The molecule has 19 heavy (non-hydrogen) atoms. The van der Waals surface area contributed by atoms with Crippen molar-refractivity contribution in [1.82, 2.24) is 9.97 Å². The third-order valence-corrected chi connectivity index (χ3v) is 3.99. The molecule has 2 aromatic rings. The Balaban J connectivity index is 2.04. The van der Waals surface area contributed by atoms with Gasteiger partial charge in [-0.2, -0.15) is 11.8 Å². The summed E-state index contributed by atoms with van der Waals surface area (Å²) in [6, 6.07) is 9.84. The summed E-state index contributed by atoms with van der Waals surface area (Å²) in [4.78, 5) is 8.53. The third-order valence-electron chi connectivity index (χ3n) is 2.75. The van der Waals surface area contributed by atoms with Gasteiger partial charge in [-0.3, -0.25) is 0 Å². The molecule has 5 heteroatoms. The van der Waals surface area contributed by atoms with E-state index in [0.717, 1.165) is 17.3 Å². The lowest BCUT2D eigenvalue weighted by atomic mass is 10.1. The first kappa shape index (κ1) is 14.2. The van der Waals surface area contributed by atoms with Crippen LogP contribution in [0.1, 0.15) is 16.5 Å². The average molecular weight is 294 g/mol. The van der Waals surface area contributed by atoms with E-state index in [2.05, 4.69) is 27.6 Å². The van der Waals surface area contributed by atoms with Crippen molar-refractivity contribution in [3.63, 3.8) is 0 Å². The number of benzene rings is 1. The molecule has 0 aliphatic heterocycles. The highest BCUT2D eigenvalue weighted by Gasteiger charge is 2.10. The minimum absolute atomic E-state index is 0.322. The summed E-state index contributed by atoms with van der Waals surface area (Å²) < 4.78 is 0. The van der Waals surface area contributed by atoms with Gasteiger partial charge in [-0.15, -0.1) is 0 Å². The van der Waals surface area contributed by atoms with Crippen LogP contribution in [-0.4, -0.2) is 22.8 Å². The Morgan fingerprint density at radius 2 is 2.21 bits per heavy atom. The van der Waals surface area contributed by atoms with Crippen LogP contribution in [0, 0.1) is 6.92 Å². The summed E-state index contributed by atoms with van der Waals surface area (Å²) in [7, 11) is 0. The van der Waals surface area contributed by atoms with Gasteiger partial charge >= 0.3 is 0 Å². The molecule has 0 saturated heterocycles. The molecule has 0 bridgehead atoms. The minimum atomic E-state index is 0.322. The predicted octanol–water partition coefficient (Wildman–Crippen LogP) is 3.95. The fourth-order valence-electron chi connectivity index (χ4n) is 1.76. The number of hydrogen-bond donors (Lipinski definition) is 1. The lowest BCUT2D eigenvalue weighted by molar-refractivity contribution is 0.956. The Morgan fingerprint density at radius 3 is 2.89 bits per heavy atom. The molecule has 1 atom stereocenters. The normalized spacial score (nSPS) is 12.2. The molecular formula is C14H16ClN3S. The summed E-state index contributed by atoms with van der Waals surface area (Å²) in [5.41, 5.74) is 2.17. The number of thioether (sulfide) groups is 1. The molecule has 100 valence electrons. The van der Waals surface area contributed by atoms with Crippen molar-refractivity contribution in [3.05, 3.63) is 52.8 Å². The van der Waals surface area contributed by atoms with Crippen molar-refractivity contribution in [1.29, 1.82) is 0 Å². The number of rotatable bonds is 5. The first-order chi connectivity index (χ1) is 9.19. The molecular weight excluding hydrogens is 278 g/mol. The number of aromatic nitrogens is 2. The molecule has 0 aliphatic rings. The smallest absolute Gasteiger partial charge is 0.222 e. The van der Waals surface area contributed by atoms with E-state index in [1.54, 1.807) is 18.0 Å². The molecule has 1 heterocycles. The Bertz CT molecular complexity index is 548. The maximum atomic E-state index is 6.03. The van der Waals surface area contributed by atoms with Gasteiger partial charge in [0.1, 0.15) is 0 Å². The number of hydrogen-bond acceptors (Lipinski definition) is 4. The Morgan fingerprint density at radius 1 is 1.37 bits per heavy atom. The fourth-order valence-corrected chi connectivity index (χ4v) is 2.63. The summed E-state index contributed by atoms with van der Waals surface area (Å²) >= 11 is 7.81. The van der Waals surface area contributed by atoms with Crippen LogP contribution in [0.4, 0.5) is 5.95 Å². The van der Waals surface area contributed by atoms with Crippen LogP contribution in [0.15, 0.2) is 36.5 Å². The fraction of sp³-hybridized carbons (Fsp3) is 0.286. The van der Waals surface area contributed by atoms with Gasteiger partial charge in [0, 0.05) is 28.7 Å². The van der Waals surface area contributed by atoms with Crippen LogP contribution in [0.2, 0.25) is 5.02 Å². The molecule has 1 N–H and O–H groups in total. The van der Waals surface area contributed by atoms with E-state index >= 15 is 0 Å². The molecule has 1 unspecified atom stereocenters. The molecule has 2 rings (SSSR count). The molecule has 0 fully saturated rings. The van der Waals surface area contributed by atoms with Crippen molar-refractivity contribution >= 4 is 29.3 Å². The van der Waals surface area contributed by atoms with Gasteiger partial charge in [-0.05, 0) is 36.9 Å². The SMILES string of the molecule is CSC(CNc1nccc(C)n1)c1cccc(Cl)c1. The first-order valence-electron chi connectivity index (χ1n) is 6.01. The van der Waals surface area contributed by atoms with Crippen LogP contribution in [0.5, 0.6) is 0 Å². The number of halogens is 1. The second kappa shape index (κ2) is 6.78. The quantitative estimate of drug-likeness (QED) is 0.906. The van der Waals surface area contributed by atoms with E-state index in [-0.39, 0.29) is 0 Å². The highest BCUT2D eigenvalue weighted by molar-refractivity contribution is 7.98. The Labute approximate surface area is 122 Å². The zero-order valence-electron chi connectivity index (χ0n) is 10.9. The molecule has 3 nitrogen and oxygen atoms in total. The molecule has 0 radical (unpaired) electrons. The van der Waals surface area contributed by atoms with Crippen molar-refractivity contribution in [3.8, 4) is 0 Å². The number of anilines is 1. The lowest BCUT2D eigenvalue weighted by Crippen LogP contribution is -2.12. The number of aryl methyl sites for hydroxylation is 1. The monoisotopic (exact) mass is 293 g/mol. The van der Waals surface area contributed by atoms with Crippen molar-refractivity contribution in [2.45, 2.75) is 12.2 Å². The highest BCUT2D eigenvalue weighted by atomic mass is 35.5. The zero-order chi connectivity index (χ0) is 13.7. The largest absolute Gasteiger partial charge is 0.353 e. The first-order valence-corrected chi connectivity index (χ1v) is 7.67. The zero-order valence-corrected chi connectivity index (χ0v) is 12.5. The van der Waals surface area contributed by atoms with Crippen molar-refractivity contribution in [2.24, 2.45) is 0 Å². The van der Waals surface area contributed by atoms with E-state index in [1.807, 2.05) is 31.2 Å². The number of nitrogens with zero attached hydrogens (tertiary/aromatic N) is 2. The van der Waals surface area contributed by atoms with E-state index in [9.17, 15) is 0 Å². The lowest BCUT2D eigenvalue weighted by Gasteiger charge is -2.16. The van der Waals surface area contributed by atoms with E-state index in [0.29, 0.717) is 11.2 Å². The summed E-state index contributed by atoms with van der Waals surface area (Å²) in [5, 5.41) is 4.36. The number of nitrogens with one attached hydrogen (secondary N) is 1. The van der Waals surface area contributed by atoms with Crippen LogP contribution in [-0.2, 0) is 0 Å². The van der Waals surface area contributed by atoms with Crippen LogP contribution >= 0.6 is 23.4 Å². The van der Waals surface area contributed by atoms with Gasteiger partial charge < -0.3 is 5.32 Å². The van der Waals surface area contributed by atoms with E-state index < -0.39 is 0 Å². The van der Waals surface area contributed by atoms with Crippen molar-refractivity contribution < 1.29 is 0 Å². The van der Waals surface area contributed by atoms with Gasteiger partial charge in [-0.1, -0.05) is 23.7 Å². The van der Waals surface area contributed by atoms with E-state index in [1.165, 1.54) is 5.56 Å². The molecule has 1 aromatic heterocycles. The Kier molecular flexibility index (Phi) is 5.05. The average Bonchev–Trinajstić information content (AvgIpc) is 2.40. The molecule has 0 amide bonds. The van der Waals surface area contributed by atoms with Gasteiger partial charge in [0.15, 0.2) is 0 Å². The molecule has 0 spiro atoms. The maximum absolute atomic E-state index is 6.03. The van der Waals surface area contributed by atoms with Gasteiger partial charge in [0.25, 0.3) is 0 Å². The Hall–Kier alpha value is -1.26. The predicted molar refractivity (Wildman–Crippen MR) is 83.0 cm³/mol. The van der Waals surface area contributed by atoms with Crippen LogP contribution < -0.4 is 5.32 Å². The van der Waals surface area contributed by atoms with Gasteiger partial charge in [0.2, 0.25) is 5.95 Å². The van der Waals surface area contributed by atoms with Crippen LogP contribution in [0.25, 0.3) is 0 Å². The van der Waals surface area contributed by atoms with Crippen molar-refractivity contribution in [2.75, 3.05) is 18.1 Å². The standard InChI is InChI=1S/C14H16ClN3S/c1-10-6-7-16-14(18-10)17-9-13(19-2)11-4-3-5-12(15)8-11/h3-8,13H,9H2,1-2H3,(H,16,17,18). The minimum Gasteiger partial charge on any atom is -0.353 e. The summed E-state index contributed by atoms with van der Waals surface area (Å²) in [6.45, 7) is 2.72.